The molecule has 0 unspecified atom stereocenters. The smallest absolute Gasteiger partial charge is 0.0204 e. The van der Waals surface area contributed by atoms with Crippen LogP contribution in [0.15, 0.2) is 36.0 Å². The Balaban J connectivity index is 2.70. The summed E-state index contributed by atoms with van der Waals surface area (Å²) in [7, 11) is 0. The number of hydrogen-bond donors (Lipinski definition) is 0. The highest BCUT2D eigenvalue weighted by Crippen LogP contribution is 2.24. The molecule has 1 aliphatic carbocycles. The van der Waals surface area contributed by atoms with Crippen molar-refractivity contribution < 1.29 is 0 Å². The fourth-order valence-corrected chi connectivity index (χ4v) is 2.00. The molecule has 0 aromatic rings. The van der Waals surface area contributed by atoms with E-state index in [1.54, 1.807) is 5.57 Å². The Kier molecular flexibility index (Phi) is 4.87. The molecule has 0 spiro atoms. The maximum atomic E-state index is 4.09. The fourth-order valence-electron chi connectivity index (χ4n) is 2.00. The van der Waals surface area contributed by atoms with Gasteiger partial charge in [0.05, 0.1) is 0 Å². The first-order valence-corrected chi connectivity index (χ1v) is 6.11. The van der Waals surface area contributed by atoms with E-state index in [-0.39, 0.29) is 0 Å². The maximum absolute atomic E-state index is 4.09. The van der Waals surface area contributed by atoms with Crippen LogP contribution in [0.1, 0.15) is 46.5 Å². The van der Waals surface area contributed by atoms with Gasteiger partial charge in [-0.2, -0.15) is 0 Å². The van der Waals surface area contributed by atoms with Crippen molar-refractivity contribution in [2.45, 2.75) is 46.5 Å². The molecule has 0 amide bonds. The first-order chi connectivity index (χ1) is 7.09. The molecule has 1 rings (SSSR count). The average Bonchev–Trinajstić information content (AvgIpc) is 2.16. The van der Waals surface area contributed by atoms with E-state index in [1.165, 1.54) is 18.4 Å². The monoisotopic (exact) mass is 204 g/mol. The highest BCUT2D eigenvalue weighted by atomic mass is 14.2. The lowest BCUT2D eigenvalue weighted by Crippen LogP contribution is -2.06. The molecule has 0 aromatic heterocycles. The predicted molar refractivity (Wildman–Crippen MR) is 68.8 cm³/mol. The summed E-state index contributed by atoms with van der Waals surface area (Å²) in [6, 6.07) is 0. The lowest BCUT2D eigenvalue weighted by Gasteiger charge is -2.18. The quantitative estimate of drug-likeness (QED) is 0.533. The van der Waals surface area contributed by atoms with Crippen LogP contribution >= 0.6 is 0 Å². The molecule has 0 heteroatoms. The van der Waals surface area contributed by atoms with Crippen molar-refractivity contribution in [2.24, 2.45) is 11.8 Å². The van der Waals surface area contributed by atoms with Crippen LogP contribution in [-0.2, 0) is 0 Å². The molecule has 0 radical (unpaired) electrons. The summed E-state index contributed by atoms with van der Waals surface area (Å²) in [4.78, 5) is 0. The molecule has 0 heterocycles. The number of allylic oxidation sites excluding steroid dienone is 5. The van der Waals surface area contributed by atoms with Gasteiger partial charge in [-0.25, -0.2) is 0 Å². The second-order valence-corrected chi connectivity index (χ2v) is 5.05. The van der Waals surface area contributed by atoms with Gasteiger partial charge in [-0.05, 0) is 44.4 Å². The fraction of sp³-hybridized carbons (Fsp3) is 0.600. The van der Waals surface area contributed by atoms with E-state index in [1.807, 2.05) is 0 Å². The lowest BCUT2D eigenvalue weighted by molar-refractivity contribution is 0.435. The summed E-state index contributed by atoms with van der Waals surface area (Å²) in [6.45, 7) is 11.0. The van der Waals surface area contributed by atoms with Gasteiger partial charge in [0.15, 0.2) is 0 Å². The topological polar surface area (TPSA) is 0 Å². The summed E-state index contributed by atoms with van der Waals surface area (Å²) in [5.41, 5.74) is 2.82. The average molecular weight is 204 g/mol. The van der Waals surface area contributed by atoms with Crippen molar-refractivity contribution in [1.82, 2.24) is 0 Å². The van der Waals surface area contributed by atoms with Gasteiger partial charge in [0.1, 0.15) is 0 Å². The van der Waals surface area contributed by atoms with Crippen LogP contribution in [0.5, 0.6) is 0 Å². The van der Waals surface area contributed by atoms with Gasteiger partial charge < -0.3 is 0 Å². The molecule has 0 saturated heterocycles. The predicted octanol–water partition coefficient (Wildman–Crippen LogP) is 4.89. The Morgan fingerprint density at radius 3 is 2.73 bits per heavy atom. The number of rotatable bonds is 1. The molecule has 15 heavy (non-hydrogen) atoms. The van der Waals surface area contributed by atoms with Crippen LogP contribution in [0.4, 0.5) is 0 Å². The second kappa shape index (κ2) is 5.95. The number of hydrogen-bond acceptors (Lipinski definition) is 0. The van der Waals surface area contributed by atoms with Crippen molar-refractivity contribution in [1.29, 1.82) is 0 Å². The van der Waals surface area contributed by atoms with Crippen molar-refractivity contribution >= 4 is 0 Å². The third-order valence-corrected chi connectivity index (χ3v) is 3.27. The first kappa shape index (κ1) is 12.3. The Morgan fingerprint density at radius 1 is 1.33 bits per heavy atom. The van der Waals surface area contributed by atoms with E-state index >= 15 is 0 Å². The highest BCUT2D eigenvalue weighted by Gasteiger charge is 2.10. The zero-order valence-corrected chi connectivity index (χ0v) is 10.4. The van der Waals surface area contributed by atoms with Gasteiger partial charge in [0.25, 0.3) is 0 Å². The van der Waals surface area contributed by atoms with Gasteiger partial charge >= 0.3 is 0 Å². The molecule has 84 valence electrons. The minimum absolute atomic E-state index is 0.711. The summed E-state index contributed by atoms with van der Waals surface area (Å²) < 4.78 is 0. The molecule has 1 atom stereocenters. The summed E-state index contributed by atoms with van der Waals surface area (Å²) in [5, 5.41) is 0. The van der Waals surface area contributed by atoms with Crippen molar-refractivity contribution in [2.75, 3.05) is 0 Å². The van der Waals surface area contributed by atoms with E-state index < -0.39 is 0 Å². The standard InChI is InChI=1S/C15H24/c1-12(2)15-10-8-13(3)6-5-7-14(4)9-11-15/h7-8,10,12,15H,3,5-6,9,11H2,1-2,4H3/t15-/m1/s1. The Hall–Kier alpha value is -0.780. The van der Waals surface area contributed by atoms with Crippen LogP contribution in [0, 0.1) is 11.8 Å². The van der Waals surface area contributed by atoms with Gasteiger partial charge in [0, 0.05) is 0 Å². The Bertz CT molecular complexity index is 266. The molecule has 0 N–H and O–H groups in total. The van der Waals surface area contributed by atoms with Crippen LogP contribution in [0.25, 0.3) is 0 Å². The molecular formula is C15H24. The van der Waals surface area contributed by atoms with Crippen molar-refractivity contribution in [3.63, 3.8) is 0 Å². The summed E-state index contributed by atoms with van der Waals surface area (Å²) >= 11 is 0. The highest BCUT2D eigenvalue weighted by molar-refractivity contribution is 5.17. The lowest BCUT2D eigenvalue weighted by atomic mass is 9.88. The third kappa shape index (κ3) is 4.51. The third-order valence-electron chi connectivity index (χ3n) is 3.27. The van der Waals surface area contributed by atoms with E-state index in [2.05, 4.69) is 45.6 Å². The Morgan fingerprint density at radius 2 is 2.07 bits per heavy atom. The maximum Gasteiger partial charge on any atom is -0.0204 e. The van der Waals surface area contributed by atoms with E-state index in [9.17, 15) is 0 Å². The normalized spacial score (nSPS) is 24.1. The van der Waals surface area contributed by atoms with E-state index in [0.717, 1.165) is 18.8 Å². The van der Waals surface area contributed by atoms with Gasteiger partial charge in [-0.3, -0.25) is 0 Å². The molecule has 0 aromatic carbocycles. The second-order valence-electron chi connectivity index (χ2n) is 5.05. The summed E-state index contributed by atoms with van der Waals surface area (Å²) in [6.07, 6.45) is 11.8. The zero-order valence-electron chi connectivity index (χ0n) is 10.4. The Labute approximate surface area is 94.8 Å². The van der Waals surface area contributed by atoms with Crippen LogP contribution in [-0.4, -0.2) is 0 Å². The molecular weight excluding hydrogens is 180 g/mol. The van der Waals surface area contributed by atoms with Crippen LogP contribution in [0.3, 0.4) is 0 Å². The molecule has 0 nitrogen and oxygen atoms in total. The largest absolute Gasteiger partial charge is 0.0958 e. The van der Waals surface area contributed by atoms with Crippen LogP contribution in [0.2, 0.25) is 0 Å². The molecule has 0 bridgehead atoms. The van der Waals surface area contributed by atoms with E-state index in [4.69, 9.17) is 0 Å². The van der Waals surface area contributed by atoms with Crippen molar-refractivity contribution in [3.8, 4) is 0 Å². The van der Waals surface area contributed by atoms with Gasteiger partial charge in [-0.1, -0.05) is 49.8 Å². The zero-order chi connectivity index (χ0) is 11.3. The van der Waals surface area contributed by atoms with Crippen LogP contribution < -0.4 is 0 Å². The minimum Gasteiger partial charge on any atom is -0.0958 e. The molecule has 0 saturated carbocycles. The van der Waals surface area contributed by atoms with Gasteiger partial charge in [-0.15, -0.1) is 0 Å². The molecule has 1 aliphatic rings. The minimum atomic E-state index is 0.711. The van der Waals surface area contributed by atoms with E-state index in [0.29, 0.717) is 5.92 Å². The van der Waals surface area contributed by atoms with Crippen molar-refractivity contribution in [3.05, 3.63) is 36.0 Å². The molecule has 0 fully saturated rings. The SMILES string of the molecule is C=C1C=C[C@@H](C(C)C)CCC(C)=CCC1. The first-order valence-electron chi connectivity index (χ1n) is 6.11. The summed E-state index contributed by atoms with van der Waals surface area (Å²) in [5.74, 6) is 1.45. The van der Waals surface area contributed by atoms with Gasteiger partial charge in [0.2, 0.25) is 0 Å². The molecule has 0 aliphatic heterocycles.